The van der Waals surface area contributed by atoms with E-state index < -0.39 is 5.95 Å². The third kappa shape index (κ3) is 3.55. The number of benzene rings is 1. The zero-order chi connectivity index (χ0) is 12.1. The monoisotopic (exact) mass is 230 g/mol. The van der Waals surface area contributed by atoms with Gasteiger partial charge < -0.3 is 5.32 Å². The summed E-state index contributed by atoms with van der Waals surface area (Å²) < 4.78 is 12.9. The molecular weight excluding hydrogens is 215 g/mol. The molecule has 0 spiro atoms. The Morgan fingerprint density at radius 1 is 1.12 bits per heavy atom. The summed E-state index contributed by atoms with van der Waals surface area (Å²) in [5.74, 6) is 0.121. The zero-order valence-electron chi connectivity index (χ0n) is 9.73. The first-order valence-electron chi connectivity index (χ1n) is 5.67. The Hall–Kier alpha value is -1.90. The topological polar surface area (TPSA) is 24.9 Å². The van der Waals surface area contributed by atoms with Gasteiger partial charge in [-0.3, -0.25) is 0 Å². The molecule has 17 heavy (non-hydrogen) atoms. The molecule has 88 valence electrons. The lowest BCUT2D eigenvalue weighted by Gasteiger charge is -2.14. The van der Waals surface area contributed by atoms with Crippen molar-refractivity contribution in [3.05, 3.63) is 60.0 Å². The number of halogens is 1. The average molecular weight is 230 g/mol. The number of pyridine rings is 1. The summed E-state index contributed by atoms with van der Waals surface area (Å²) in [6.45, 7) is 2.06. The van der Waals surface area contributed by atoms with Crippen molar-refractivity contribution in [1.82, 2.24) is 4.98 Å². The number of hydrogen-bond donors (Lipinski definition) is 1. The summed E-state index contributed by atoms with van der Waals surface area (Å²) in [4.78, 5) is 3.78. The van der Waals surface area contributed by atoms with Crippen molar-refractivity contribution in [3.8, 4) is 0 Å². The molecule has 0 fully saturated rings. The minimum absolute atomic E-state index is 0.215. The molecule has 0 amide bonds. The summed E-state index contributed by atoms with van der Waals surface area (Å²) in [6.07, 6.45) is 0.888. The summed E-state index contributed by atoms with van der Waals surface area (Å²) >= 11 is 0. The molecule has 2 nitrogen and oxygen atoms in total. The predicted molar refractivity (Wildman–Crippen MR) is 67.4 cm³/mol. The van der Waals surface area contributed by atoms with Gasteiger partial charge in [0.25, 0.3) is 0 Å². The Kier molecular flexibility index (Phi) is 3.70. The highest BCUT2D eigenvalue weighted by atomic mass is 19.1. The molecule has 1 unspecified atom stereocenters. The van der Waals surface area contributed by atoms with Crippen LogP contribution in [-0.4, -0.2) is 11.0 Å². The van der Waals surface area contributed by atoms with Gasteiger partial charge in [-0.2, -0.15) is 4.39 Å². The van der Waals surface area contributed by atoms with Gasteiger partial charge in [0.1, 0.15) is 5.82 Å². The second-order valence-electron chi connectivity index (χ2n) is 4.08. The SMILES string of the molecule is CC(Cc1ccccc1)Nc1cccc(F)n1. The van der Waals surface area contributed by atoms with Crippen molar-refractivity contribution in [2.75, 3.05) is 5.32 Å². The lowest BCUT2D eigenvalue weighted by Crippen LogP contribution is -2.18. The van der Waals surface area contributed by atoms with E-state index in [2.05, 4.69) is 29.4 Å². The second kappa shape index (κ2) is 5.43. The summed E-state index contributed by atoms with van der Waals surface area (Å²) in [5.41, 5.74) is 1.25. The molecule has 0 saturated heterocycles. The molecular formula is C14H15FN2. The maximum Gasteiger partial charge on any atom is 0.214 e. The van der Waals surface area contributed by atoms with Crippen LogP contribution < -0.4 is 5.32 Å². The molecule has 2 rings (SSSR count). The largest absolute Gasteiger partial charge is 0.367 e. The molecule has 3 heteroatoms. The van der Waals surface area contributed by atoms with Gasteiger partial charge in [-0.05, 0) is 31.0 Å². The number of anilines is 1. The lowest BCUT2D eigenvalue weighted by atomic mass is 10.1. The number of nitrogens with zero attached hydrogens (tertiary/aromatic N) is 1. The predicted octanol–water partition coefficient (Wildman–Crippen LogP) is 3.26. The van der Waals surface area contributed by atoms with Crippen LogP contribution in [0.15, 0.2) is 48.5 Å². The van der Waals surface area contributed by atoms with E-state index in [1.165, 1.54) is 11.6 Å². The van der Waals surface area contributed by atoms with Crippen molar-refractivity contribution >= 4 is 5.82 Å². The van der Waals surface area contributed by atoms with E-state index >= 15 is 0 Å². The van der Waals surface area contributed by atoms with Crippen LogP contribution in [0.4, 0.5) is 10.2 Å². The Labute approximate surface area is 101 Å². The van der Waals surface area contributed by atoms with Crippen molar-refractivity contribution < 1.29 is 4.39 Å². The number of aromatic nitrogens is 1. The van der Waals surface area contributed by atoms with Crippen LogP contribution in [-0.2, 0) is 6.42 Å². The molecule has 1 N–H and O–H groups in total. The molecule has 2 aromatic rings. The molecule has 0 saturated carbocycles. The first-order chi connectivity index (χ1) is 8.24. The normalized spacial score (nSPS) is 12.1. The zero-order valence-corrected chi connectivity index (χ0v) is 9.73. The van der Waals surface area contributed by atoms with Crippen molar-refractivity contribution in [1.29, 1.82) is 0 Å². The highest BCUT2D eigenvalue weighted by Crippen LogP contribution is 2.09. The quantitative estimate of drug-likeness (QED) is 0.815. The molecule has 1 atom stereocenters. The van der Waals surface area contributed by atoms with E-state index in [1.807, 2.05) is 18.2 Å². The highest BCUT2D eigenvalue weighted by Gasteiger charge is 2.04. The molecule has 0 aliphatic carbocycles. The fourth-order valence-electron chi connectivity index (χ4n) is 1.76. The molecule has 1 aromatic heterocycles. The van der Waals surface area contributed by atoms with Crippen LogP contribution in [0, 0.1) is 5.95 Å². The van der Waals surface area contributed by atoms with Crippen LogP contribution in [0.2, 0.25) is 0 Å². The standard InChI is InChI=1S/C14H15FN2/c1-11(10-12-6-3-2-4-7-12)16-14-9-5-8-13(15)17-14/h2-9,11H,10H2,1H3,(H,16,17). The van der Waals surface area contributed by atoms with E-state index in [0.717, 1.165) is 6.42 Å². The maximum atomic E-state index is 12.9. The van der Waals surface area contributed by atoms with E-state index in [9.17, 15) is 4.39 Å². The van der Waals surface area contributed by atoms with E-state index in [0.29, 0.717) is 5.82 Å². The Bertz CT molecular complexity index is 471. The molecule has 1 heterocycles. The van der Waals surface area contributed by atoms with Gasteiger partial charge in [-0.1, -0.05) is 36.4 Å². The van der Waals surface area contributed by atoms with Crippen LogP contribution >= 0.6 is 0 Å². The molecule has 0 aliphatic heterocycles. The Balaban J connectivity index is 1.96. The number of rotatable bonds is 4. The van der Waals surface area contributed by atoms with Crippen LogP contribution in [0.1, 0.15) is 12.5 Å². The van der Waals surface area contributed by atoms with Gasteiger partial charge in [0.2, 0.25) is 5.95 Å². The minimum Gasteiger partial charge on any atom is -0.367 e. The van der Waals surface area contributed by atoms with E-state index in [-0.39, 0.29) is 6.04 Å². The van der Waals surface area contributed by atoms with Crippen LogP contribution in [0.25, 0.3) is 0 Å². The van der Waals surface area contributed by atoms with Gasteiger partial charge >= 0.3 is 0 Å². The van der Waals surface area contributed by atoms with Crippen molar-refractivity contribution in [2.45, 2.75) is 19.4 Å². The molecule has 0 aliphatic rings. The van der Waals surface area contributed by atoms with E-state index in [4.69, 9.17) is 0 Å². The van der Waals surface area contributed by atoms with Gasteiger partial charge in [0, 0.05) is 6.04 Å². The lowest BCUT2D eigenvalue weighted by molar-refractivity contribution is 0.584. The van der Waals surface area contributed by atoms with Gasteiger partial charge in [-0.15, -0.1) is 0 Å². The second-order valence-corrected chi connectivity index (χ2v) is 4.08. The Morgan fingerprint density at radius 3 is 2.59 bits per heavy atom. The molecule has 0 bridgehead atoms. The Morgan fingerprint density at radius 2 is 1.88 bits per heavy atom. The van der Waals surface area contributed by atoms with Crippen molar-refractivity contribution in [2.24, 2.45) is 0 Å². The smallest absolute Gasteiger partial charge is 0.214 e. The van der Waals surface area contributed by atoms with Crippen molar-refractivity contribution in [3.63, 3.8) is 0 Å². The first kappa shape index (κ1) is 11.6. The number of hydrogen-bond acceptors (Lipinski definition) is 2. The third-order valence-electron chi connectivity index (χ3n) is 2.49. The fraction of sp³-hybridized carbons (Fsp3) is 0.214. The van der Waals surface area contributed by atoms with E-state index in [1.54, 1.807) is 12.1 Å². The number of nitrogens with one attached hydrogen (secondary N) is 1. The maximum absolute atomic E-state index is 12.9. The molecule has 1 aromatic carbocycles. The van der Waals surface area contributed by atoms with Crippen LogP contribution in [0.5, 0.6) is 0 Å². The summed E-state index contributed by atoms with van der Waals surface area (Å²) in [6, 6.07) is 15.2. The summed E-state index contributed by atoms with van der Waals surface area (Å²) in [7, 11) is 0. The van der Waals surface area contributed by atoms with Gasteiger partial charge in [0.15, 0.2) is 0 Å². The highest BCUT2D eigenvalue weighted by molar-refractivity contribution is 5.35. The third-order valence-corrected chi connectivity index (χ3v) is 2.49. The average Bonchev–Trinajstić information content (AvgIpc) is 2.30. The first-order valence-corrected chi connectivity index (χ1v) is 5.67. The van der Waals surface area contributed by atoms with Gasteiger partial charge in [0.05, 0.1) is 0 Å². The molecule has 0 radical (unpaired) electrons. The van der Waals surface area contributed by atoms with Crippen LogP contribution in [0.3, 0.4) is 0 Å². The minimum atomic E-state index is -0.457. The fourth-order valence-corrected chi connectivity index (χ4v) is 1.76. The van der Waals surface area contributed by atoms with Gasteiger partial charge in [-0.25, -0.2) is 4.98 Å². The summed E-state index contributed by atoms with van der Waals surface area (Å²) in [5, 5.41) is 3.18.